The zero-order valence-corrected chi connectivity index (χ0v) is 6.03. The van der Waals surface area contributed by atoms with Crippen molar-refractivity contribution in [3.05, 3.63) is 0 Å². The second kappa shape index (κ2) is 3.08. The zero-order valence-electron chi connectivity index (χ0n) is 6.03. The molecule has 1 aliphatic rings. The minimum atomic E-state index is -1.83. The number of hydrogen-bond acceptors (Lipinski definition) is 6. The first-order valence-electron chi connectivity index (χ1n) is 3.41. The van der Waals surface area contributed by atoms with E-state index in [0.717, 1.165) is 0 Å². The molecule has 1 aliphatic carbocycles. The molecule has 0 heterocycles. The quantitative estimate of drug-likeness (QED) is 0.261. The van der Waals surface area contributed by atoms with Gasteiger partial charge in [0.05, 0.1) is 0 Å². The van der Waals surface area contributed by atoms with E-state index >= 15 is 0 Å². The Bertz CT molecular complexity index is 174. The lowest BCUT2D eigenvalue weighted by Crippen LogP contribution is -2.61. The van der Waals surface area contributed by atoms with E-state index in [4.69, 9.17) is 25.5 Å². The van der Waals surface area contributed by atoms with Gasteiger partial charge in [-0.1, -0.05) is 0 Å². The molecule has 6 heteroatoms. The fourth-order valence-electron chi connectivity index (χ4n) is 1.09. The van der Waals surface area contributed by atoms with Gasteiger partial charge in [0, 0.05) is 0 Å². The molecular weight excluding hydrogens is 168 g/mol. The highest BCUT2D eigenvalue weighted by atomic mass is 16.4. The maximum absolute atomic E-state index is 10.8. The predicted molar refractivity (Wildman–Crippen MR) is 35.0 cm³/mol. The first-order valence-corrected chi connectivity index (χ1v) is 3.41. The second-order valence-electron chi connectivity index (χ2n) is 2.76. The van der Waals surface area contributed by atoms with Crippen LogP contribution in [0.15, 0.2) is 0 Å². The molecule has 1 saturated carbocycles. The highest BCUT2D eigenvalue weighted by Gasteiger charge is 2.47. The molecule has 0 aromatic rings. The van der Waals surface area contributed by atoms with Crippen molar-refractivity contribution in [2.45, 2.75) is 30.5 Å². The lowest BCUT2D eigenvalue weighted by Gasteiger charge is -2.34. The summed E-state index contributed by atoms with van der Waals surface area (Å²) in [5.74, 6) is -1.08. The summed E-state index contributed by atoms with van der Waals surface area (Å²) in [7, 11) is 0. The molecule has 1 fully saturated rings. The molecule has 70 valence electrons. The monoisotopic (exact) mass is 178 g/mol. The Morgan fingerprint density at radius 1 is 0.750 bits per heavy atom. The van der Waals surface area contributed by atoms with Gasteiger partial charge in [0.15, 0.2) is 5.78 Å². The van der Waals surface area contributed by atoms with E-state index in [1.807, 2.05) is 0 Å². The summed E-state index contributed by atoms with van der Waals surface area (Å²) in [6, 6.07) is 0. The Kier molecular flexibility index (Phi) is 2.45. The molecule has 2 unspecified atom stereocenters. The topological polar surface area (TPSA) is 118 Å². The zero-order chi connectivity index (χ0) is 9.46. The number of hydrogen-bond donors (Lipinski definition) is 5. The second-order valence-corrected chi connectivity index (χ2v) is 2.76. The van der Waals surface area contributed by atoms with Gasteiger partial charge >= 0.3 is 0 Å². The summed E-state index contributed by atoms with van der Waals surface area (Å²) in [6.07, 6.45) is -8.85. The van der Waals surface area contributed by atoms with Crippen LogP contribution in [0.2, 0.25) is 0 Å². The van der Waals surface area contributed by atoms with Crippen LogP contribution in [0.25, 0.3) is 0 Å². The predicted octanol–water partition coefficient (Wildman–Crippen LogP) is -3.63. The van der Waals surface area contributed by atoms with Crippen LogP contribution in [0.5, 0.6) is 0 Å². The number of aliphatic hydroxyl groups excluding tert-OH is 5. The molecule has 0 aromatic carbocycles. The van der Waals surface area contributed by atoms with Crippen molar-refractivity contribution in [3.8, 4) is 0 Å². The maximum atomic E-state index is 10.8. The average molecular weight is 178 g/mol. The van der Waals surface area contributed by atoms with E-state index in [2.05, 4.69) is 0 Å². The van der Waals surface area contributed by atoms with Gasteiger partial charge < -0.3 is 25.5 Å². The highest BCUT2D eigenvalue weighted by Crippen LogP contribution is 2.17. The van der Waals surface area contributed by atoms with Crippen LogP contribution in [-0.2, 0) is 4.79 Å². The fourth-order valence-corrected chi connectivity index (χ4v) is 1.09. The summed E-state index contributed by atoms with van der Waals surface area (Å²) in [6.45, 7) is 0. The average Bonchev–Trinajstić information content (AvgIpc) is 2.08. The standard InChI is InChI=1S/C6H10O6/c7-1-2(8)4(10)6(12)5(11)3(1)9/h1-5,7-11H/t1?,2-,3+,4+,5?/m1/s1. The molecule has 0 aromatic heterocycles. The Balaban J connectivity index is 2.83. The summed E-state index contributed by atoms with van der Waals surface area (Å²) >= 11 is 0. The van der Waals surface area contributed by atoms with Gasteiger partial charge in [-0.25, -0.2) is 0 Å². The van der Waals surface area contributed by atoms with Crippen LogP contribution in [-0.4, -0.2) is 61.8 Å². The lowest BCUT2D eigenvalue weighted by atomic mass is 9.86. The maximum Gasteiger partial charge on any atom is 0.195 e. The van der Waals surface area contributed by atoms with Gasteiger partial charge in [-0.3, -0.25) is 4.79 Å². The van der Waals surface area contributed by atoms with Crippen molar-refractivity contribution in [1.29, 1.82) is 0 Å². The first kappa shape index (κ1) is 9.56. The molecule has 12 heavy (non-hydrogen) atoms. The van der Waals surface area contributed by atoms with Gasteiger partial charge in [-0.2, -0.15) is 0 Å². The van der Waals surface area contributed by atoms with Crippen molar-refractivity contribution in [1.82, 2.24) is 0 Å². The summed E-state index contributed by atoms with van der Waals surface area (Å²) in [5.41, 5.74) is 0. The van der Waals surface area contributed by atoms with E-state index in [1.54, 1.807) is 0 Å². The van der Waals surface area contributed by atoms with Crippen LogP contribution in [0.4, 0.5) is 0 Å². The van der Waals surface area contributed by atoms with Crippen molar-refractivity contribution in [2.75, 3.05) is 0 Å². The summed E-state index contributed by atoms with van der Waals surface area (Å²) < 4.78 is 0. The number of carbonyl (C=O) groups is 1. The molecule has 0 spiro atoms. The minimum absolute atomic E-state index is 1.08. The Morgan fingerprint density at radius 3 is 1.42 bits per heavy atom. The van der Waals surface area contributed by atoms with Gasteiger partial charge in [0.25, 0.3) is 0 Å². The largest absolute Gasteiger partial charge is 0.387 e. The van der Waals surface area contributed by atoms with Crippen molar-refractivity contribution < 1.29 is 30.3 Å². The number of Topliss-reactive ketones (excluding diaryl/α,β-unsaturated/α-hetero) is 1. The molecule has 0 saturated heterocycles. The summed E-state index contributed by atoms with van der Waals surface area (Å²) in [5, 5.41) is 44.5. The van der Waals surface area contributed by atoms with Crippen molar-refractivity contribution in [2.24, 2.45) is 0 Å². The van der Waals surface area contributed by atoms with Crippen LogP contribution < -0.4 is 0 Å². The van der Waals surface area contributed by atoms with Crippen LogP contribution in [0, 0.1) is 0 Å². The van der Waals surface area contributed by atoms with Crippen LogP contribution in [0.1, 0.15) is 0 Å². The molecule has 1 rings (SSSR count). The van der Waals surface area contributed by atoms with Gasteiger partial charge in [-0.05, 0) is 0 Å². The highest BCUT2D eigenvalue weighted by molar-refractivity contribution is 5.89. The normalized spacial score (nSPS) is 49.4. The number of carbonyl (C=O) groups excluding carboxylic acids is 1. The van der Waals surface area contributed by atoms with Crippen molar-refractivity contribution in [3.63, 3.8) is 0 Å². The number of aliphatic hydroxyl groups is 5. The molecule has 0 amide bonds. The van der Waals surface area contributed by atoms with Gasteiger partial charge in [-0.15, -0.1) is 0 Å². The van der Waals surface area contributed by atoms with E-state index in [-0.39, 0.29) is 0 Å². The molecular formula is C6H10O6. The lowest BCUT2D eigenvalue weighted by molar-refractivity contribution is -0.185. The molecule has 5 N–H and O–H groups in total. The Morgan fingerprint density at radius 2 is 1.08 bits per heavy atom. The first-order chi connectivity index (χ1) is 5.46. The summed E-state index contributed by atoms with van der Waals surface area (Å²) in [4.78, 5) is 10.8. The Labute approximate surface area is 67.7 Å². The molecule has 5 atom stereocenters. The molecule has 6 nitrogen and oxygen atoms in total. The third-order valence-corrected chi connectivity index (χ3v) is 1.93. The molecule has 0 radical (unpaired) electrons. The van der Waals surface area contributed by atoms with Gasteiger partial charge in [0.1, 0.15) is 30.5 Å². The van der Waals surface area contributed by atoms with E-state index in [9.17, 15) is 4.79 Å². The van der Waals surface area contributed by atoms with Crippen LogP contribution >= 0.6 is 0 Å². The fraction of sp³-hybridized carbons (Fsp3) is 0.833. The van der Waals surface area contributed by atoms with E-state index in [0.29, 0.717) is 0 Å². The Hall–Kier alpha value is -0.530. The number of rotatable bonds is 0. The van der Waals surface area contributed by atoms with E-state index in [1.165, 1.54) is 0 Å². The molecule has 0 bridgehead atoms. The van der Waals surface area contributed by atoms with E-state index < -0.39 is 36.3 Å². The third-order valence-electron chi connectivity index (χ3n) is 1.93. The molecule has 0 aliphatic heterocycles. The van der Waals surface area contributed by atoms with Crippen molar-refractivity contribution >= 4 is 5.78 Å². The van der Waals surface area contributed by atoms with Gasteiger partial charge in [0.2, 0.25) is 0 Å². The SMILES string of the molecule is O=C1C(O)[C@@H](O)C(O)[C@@H](O)[C@@H]1O. The minimum Gasteiger partial charge on any atom is -0.387 e. The van der Waals surface area contributed by atoms with Crippen LogP contribution in [0.3, 0.4) is 0 Å². The number of ketones is 1. The third kappa shape index (κ3) is 1.23. The smallest absolute Gasteiger partial charge is 0.195 e.